The number of carbonyl (C=O) groups excluding carboxylic acids is 1. The van der Waals surface area contributed by atoms with Gasteiger partial charge in [0.05, 0.1) is 0 Å². The minimum atomic E-state index is -0.624. The lowest BCUT2D eigenvalue weighted by molar-refractivity contribution is -0.118. The van der Waals surface area contributed by atoms with Crippen molar-refractivity contribution in [3.8, 4) is 0 Å². The van der Waals surface area contributed by atoms with Gasteiger partial charge in [-0.1, -0.05) is 37.1 Å². The number of fused-ring (bicyclic) bond motifs is 1. The van der Waals surface area contributed by atoms with Crippen molar-refractivity contribution in [1.82, 2.24) is 20.2 Å². The van der Waals surface area contributed by atoms with E-state index in [-0.39, 0.29) is 17.0 Å². The molecule has 1 atom stereocenters. The Labute approximate surface area is 132 Å². The molecular weight excluding hydrogens is 297 g/mol. The number of aromatic nitrogens is 4. The van der Waals surface area contributed by atoms with Crippen molar-refractivity contribution in [2.75, 3.05) is 5.32 Å². The molecule has 0 radical (unpaired) electrons. The van der Waals surface area contributed by atoms with Crippen LogP contribution in [-0.4, -0.2) is 26.0 Å². The fourth-order valence-electron chi connectivity index (χ4n) is 3.45. The first-order valence-corrected chi connectivity index (χ1v) is 7.52. The van der Waals surface area contributed by atoms with Crippen molar-refractivity contribution in [2.24, 2.45) is 5.41 Å². The Morgan fingerprint density at radius 1 is 1.30 bits per heavy atom. The van der Waals surface area contributed by atoms with Gasteiger partial charge in [-0.15, -0.1) is 0 Å². The number of tetrazole rings is 1. The Morgan fingerprint density at radius 3 is 2.87 bits per heavy atom. The largest absolute Gasteiger partial charge is 0.326 e. The number of rotatable bonds is 1. The van der Waals surface area contributed by atoms with E-state index in [9.17, 15) is 9.18 Å². The molecule has 4 rings (SSSR count). The predicted octanol–water partition coefficient (Wildman–Crippen LogP) is 2.47. The fourth-order valence-corrected chi connectivity index (χ4v) is 3.45. The number of allylic oxidation sites excluding steroid dienone is 2. The summed E-state index contributed by atoms with van der Waals surface area (Å²) >= 11 is 0. The van der Waals surface area contributed by atoms with Gasteiger partial charge >= 0.3 is 0 Å². The van der Waals surface area contributed by atoms with Crippen LogP contribution in [0.3, 0.4) is 0 Å². The zero-order chi connectivity index (χ0) is 16.2. The van der Waals surface area contributed by atoms with Crippen molar-refractivity contribution in [3.05, 3.63) is 46.9 Å². The Balaban J connectivity index is 1.94. The zero-order valence-corrected chi connectivity index (χ0v) is 12.9. The van der Waals surface area contributed by atoms with E-state index in [2.05, 4.69) is 20.8 Å². The SMILES string of the molecule is CC1(C)CC(=O)C2=C(C1)Nc1nnnn1[C@@H]2c1ccccc1F. The lowest BCUT2D eigenvalue weighted by Gasteiger charge is -2.37. The van der Waals surface area contributed by atoms with E-state index in [4.69, 9.17) is 0 Å². The number of nitrogens with one attached hydrogen (secondary N) is 1. The van der Waals surface area contributed by atoms with Gasteiger partial charge < -0.3 is 5.32 Å². The Kier molecular flexibility index (Phi) is 2.88. The monoisotopic (exact) mass is 313 g/mol. The molecule has 23 heavy (non-hydrogen) atoms. The Morgan fingerprint density at radius 2 is 2.09 bits per heavy atom. The predicted molar refractivity (Wildman–Crippen MR) is 81.0 cm³/mol. The molecule has 0 amide bonds. The van der Waals surface area contributed by atoms with Crippen molar-refractivity contribution in [3.63, 3.8) is 0 Å². The molecule has 1 N–H and O–H groups in total. The molecule has 0 saturated carbocycles. The highest BCUT2D eigenvalue weighted by Gasteiger charge is 2.42. The molecule has 0 fully saturated rings. The maximum atomic E-state index is 14.4. The summed E-state index contributed by atoms with van der Waals surface area (Å²) in [4.78, 5) is 12.8. The summed E-state index contributed by atoms with van der Waals surface area (Å²) < 4.78 is 15.9. The Bertz CT molecular complexity index is 839. The van der Waals surface area contributed by atoms with Gasteiger partial charge in [0.15, 0.2) is 5.78 Å². The first-order chi connectivity index (χ1) is 11.0. The summed E-state index contributed by atoms with van der Waals surface area (Å²) in [6, 6.07) is 5.82. The highest BCUT2D eigenvalue weighted by atomic mass is 19.1. The average molecular weight is 313 g/mol. The number of benzene rings is 1. The number of hydrogen-bond acceptors (Lipinski definition) is 5. The fraction of sp³-hybridized carbons (Fsp3) is 0.375. The topological polar surface area (TPSA) is 72.7 Å². The molecule has 0 bridgehead atoms. The number of anilines is 1. The highest BCUT2D eigenvalue weighted by Crippen LogP contribution is 2.45. The second-order valence-corrected chi connectivity index (χ2v) is 6.83. The molecule has 0 spiro atoms. The van der Waals surface area contributed by atoms with Gasteiger partial charge in [-0.25, -0.2) is 4.39 Å². The summed E-state index contributed by atoms with van der Waals surface area (Å²) in [7, 11) is 0. The van der Waals surface area contributed by atoms with Crippen LogP contribution in [0.2, 0.25) is 0 Å². The van der Waals surface area contributed by atoms with Crippen LogP contribution in [0, 0.1) is 11.2 Å². The summed E-state index contributed by atoms with van der Waals surface area (Å²) in [6.07, 6.45) is 1.13. The molecule has 118 valence electrons. The van der Waals surface area contributed by atoms with Gasteiger partial charge in [-0.05, 0) is 28.3 Å². The number of halogens is 1. The van der Waals surface area contributed by atoms with Crippen molar-refractivity contribution < 1.29 is 9.18 Å². The van der Waals surface area contributed by atoms with E-state index in [0.29, 0.717) is 29.9 Å². The summed E-state index contributed by atoms with van der Waals surface area (Å²) in [6.45, 7) is 4.10. The van der Waals surface area contributed by atoms with Gasteiger partial charge in [-0.2, -0.15) is 4.68 Å². The molecule has 0 saturated heterocycles. The quantitative estimate of drug-likeness (QED) is 0.875. The van der Waals surface area contributed by atoms with E-state index in [1.54, 1.807) is 18.2 Å². The van der Waals surface area contributed by atoms with E-state index < -0.39 is 6.04 Å². The molecule has 2 heterocycles. The minimum absolute atomic E-state index is 0.0122. The first-order valence-electron chi connectivity index (χ1n) is 7.52. The molecule has 7 heteroatoms. The normalized spacial score (nSPS) is 22.4. The average Bonchev–Trinajstić information content (AvgIpc) is 2.92. The van der Waals surface area contributed by atoms with Crippen LogP contribution in [0.25, 0.3) is 0 Å². The van der Waals surface area contributed by atoms with Gasteiger partial charge in [-0.3, -0.25) is 4.79 Å². The van der Waals surface area contributed by atoms with Crippen molar-refractivity contribution >= 4 is 11.7 Å². The van der Waals surface area contributed by atoms with E-state index in [0.717, 1.165) is 5.70 Å². The highest BCUT2D eigenvalue weighted by molar-refractivity contribution is 6.00. The van der Waals surface area contributed by atoms with Crippen LogP contribution in [-0.2, 0) is 4.79 Å². The maximum absolute atomic E-state index is 14.4. The molecule has 1 aromatic carbocycles. The van der Waals surface area contributed by atoms with Crippen LogP contribution in [0.5, 0.6) is 0 Å². The molecule has 6 nitrogen and oxygen atoms in total. The molecule has 1 aliphatic heterocycles. The smallest absolute Gasteiger partial charge is 0.248 e. The number of ketones is 1. The number of Topliss-reactive ketones (excluding diaryl/α,β-unsaturated/α-hetero) is 1. The van der Waals surface area contributed by atoms with E-state index >= 15 is 0 Å². The van der Waals surface area contributed by atoms with Crippen molar-refractivity contribution in [1.29, 1.82) is 0 Å². The lowest BCUT2D eigenvalue weighted by Crippen LogP contribution is -2.36. The van der Waals surface area contributed by atoms with Gasteiger partial charge in [0.2, 0.25) is 5.95 Å². The second kappa shape index (κ2) is 4.71. The van der Waals surface area contributed by atoms with Crippen LogP contribution < -0.4 is 5.32 Å². The third-order valence-electron chi connectivity index (χ3n) is 4.39. The molecule has 2 aromatic rings. The maximum Gasteiger partial charge on any atom is 0.248 e. The van der Waals surface area contributed by atoms with Crippen LogP contribution >= 0.6 is 0 Å². The third kappa shape index (κ3) is 2.15. The molecule has 0 unspecified atom stereocenters. The van der Waals surface area contributed by atoms with E-state index in [1.165, 1.54) is 10.7 Å². The van der Waals surface area contributed by atoms with Crippen LogP contribution in [0.1, 0.15) is 38.3 Å². The summed E-state index contributed by atoms with van der Waals surface area (Å²) in [5, 5.41) is 14.7. The first kappa shape index (κ1) is 14.0. The molecule has 1 aromatic heterocycles. The van der Waals surface area contributed by atoms with Crippen molar-refractivity contribution in [2.45, 2.75) is 32.7 Å². The molecule has 2 aliphatic rings. The summed E-state index contributed by atoms with van der Waals surface area (Å²) in [5.74, 6) is 0.0750. The van der Waals surface area contributed by atoms with Gasteiger partial charge in [0.25, 0.3) is 0 Å². The summed E-state index contributed by atoms with van der Waals surface area (Å²) in [5.41, 5.74) is 1.62. The molecule has 1 aliphatic carbocycles. The number of nitrogens with zero attached hydrogens (tertiary/aromatic N) is 4. The lowest BCUT2D eigenvalue weighted by atomic mass is 9.73. The minimum Gasteiger partial charge on any atom is -0.326 e. The van der Waals surface area contributed by atoms with E-state index in [1.807, 2.05) is 13.8 Å². The number of carbonyl (C=O) groups is 1. The van der Waals surface area contributed by atoms with Gasteiger partial charge in [0, 0.05) is 23.3 Å². The van der Waals surface area contributed by atoms with Gasteiger partial charge in [0.1, 0.15) is 11.9 Å². The third-order valence-corrected chi connectivity index (χ3v) is 4.39. The zero-order valence-electron chi connectivity index (χ0n) is 12.9. The van der Waals surface area contributed by atoms with Crippen LogP contribution in [0.15, 0.2) is 35.5 Å². The second-order valence-electron chi connectivity index (χ2n) is 6.83. The van der Waals surface area contributed by atoms with Crippen LogP contribution in [0.4, 0.5) is 10.3 Å². The molecular formula is C16H16FN5O. The standard InChI is InChI=1S/C16H16FN5O/c1-16(2)7-11-13(12(23)8-16)14(9-5-3-4-6-10(9)17)22-15(18-11)19-20-21-22/h3-6,14H,7-8H2,1-2H3,(H,18,19,21)/t14-/m1/s1. The Hall–Kier alpha value is -2.57. The number of hydrogen-bond donors (Lipinski definition) is 1.